The summed E-state index contributed by atoms with van der Waals surface area (Å²) in [5.41, 5.74) is 5.40. The molecule has 22 heavy (non-hydrogen) atoms. The largest absolute Gasteiger partial charge is 0.295 e. The van der Waals surface area contributed by atoms with E-state index in [2.05, 4.69) is 10.5 Å². The molecule has 0 atom stereocenters. The van der Waals surface area contributed by atoms with E-state index in [0.29, 0.717) is 11.3 Å². The van der Waals surface area contributed by atoms with Gasteiger partial charge < -0.3 is 0 Å². The second-order valence-corrected chi connectivity index (χ2v) is 4.48. The van der Waals surface area contributed by atoms with Gasteiger partial charge in [0.05, 0.1) is 5.69 Å². The number of para-hydroxylation sites is 1. The molecule has 2 aromatic carbocycles. The minimum absolute atomic E-state index is 0.0124. The van der Waals surface area contributed by atoms with E-state index in [1.54, 1.807) is 30.3 Å². The van der Waals surface area contributed by atoms with Gasteiger partial charge in [-0.3, -0.25) is 10.2 Å². The first-order valence-corrected chi connectivity index (χ1v) is 6.50. The van der Waals surface area contributed by atoms with Crippen molar-refractivity contribution in [1.82, 2.24) is 0 Å². The van der Waals surface area contributed by atoms with Crippen LogP contribution in [-0.2, 0) is 0 Å². The standard InChI is InChI=1S/C17H12N4O/c1-12(22)13-5-4-6-14(9-13)16-7-2-3-8-17(16)21-20-15(10-18)11-19/h2-9,21H,1H3. The van der Waals surface area contributed by atoms with Crippen molar-refractivity contribution in [2.75, 3.05) is 5.43 Å². The molecule has 0 saturated heterocycles. The molecule has 0 radical (unpaired) electrons. The highest BCUT2D eigenvalue weighted by atomic mass is 16.1. The number of rotatable bonds is 4. The fourth-order valence-corrected chi connectivity index (χ4v) is 1.93. The zero-order valence-electron chi connectivity index (χ0n) is 11.9. The average Bonchev–Trinajstić information content (AvgIpc) is 2.56. The lowest BCUT2D eigenvalue weighted by atomic mass is 10.0. The monoisotopic (exact) mass is 288 g/mol. The van der Waals surface area contributed by atoms with Crippen LogP contribution in [0.2, 0.25) is 0 Å². The normalized spacial score (nSPS) is 9.23. The summed E-state index contributed by atoms with van der Waals surface area (Å²) in [6.45, 7) is 1.51. The molecule has 0 unspecified atom stereocenters. The summed E-state index contributed by atoms with van der Waals surface area (Å²) < 4.78 is 0. The first-order valence-electron chi connectivity index (χ1n) is 6.50. The smallest absolute Gasteiger partial charge is 0.237 e. The molecule has 106 valence electrons. The van der Waals surface area contributed by atoms with Gasteiger partial charge in [0, 0.05) is 11.1 Å². The fraction of sp³-hybridized carbons (Fsp3) is 0.0588. The molecule has 5 heteroatoms. The van der Waals surface area contributed by atoms with Crippen LogP contribution in [0.4, 0.5) is 5.69 Å². The van der Waals surface area contributed by atoms with E-state index >= 15 is 0 Å². The Morgan fingerprint density at radius 2 is 1.82 bits per heavy atom. The van der Waals surface area contributed by atoms with Crippen molar-refractivity contribution < 1.29 is 4.79 Å². The number of nitrogens with one attached hydrogen (secondary N) is 1. The molecular formula is C17H12N4O. The van der Waals surface area contributed by atoms with E-state index in [-0.39, 0.29) is 11.5 Å². The Kier molecular flexibility index (Phi) is 4.64. The first kappa shape index (κ1) is 15.0. The Bertz CT molecular complexity index is 809. The quantitative estimate of drug-likeness (QED) is 0.530. The van der Waals surface area contributed by atoms with E-state index < -0.39 is 0 Å². The molecule has 0 bridgehead atoms. The van der Waals surface area contributed by atoms with Gasteiger partial charge in [-0.2, -0.15) is 15.6 Å². The molecule has 0 aromatic heterocycles. The maximum Gasteiger partial charge on any atom is 0.237 e. The van der Waals surface area contributed by atoms with Crippen molar-refractivity contribution in [3.05, 3.63) is 54.1 Å². The number of benzene rings is 2. The van der Waals surface area contributed by atoms with Crippen LogP contribution in [0.1, 0.15) is 17.3 Å². The van der Waals surface area contributed by atoms with Gasteiger partial charge in [-0.25, -0.2) is 0 Å². The van der Waals surface area contributed by atoms with Gasteiger partial charge in [-0.05, 0) is 24.6 Å². The SMILES string of the molecule is CC(=O)c1cccc(-c2ccccc2NN=C(C#N)C#N)c1. The molecule has 0 fully saturated rings. The Morgan fingerprint density at radius 3 is 2.50 bits per heavy atom. The zero-order valence-corrected chi connectivity index (χ0v) is 11.9. The van der Waals surface area contributed by atoms with Gasteiger partial charge in [0.2, 0.25) is 5.71 Å². The second-order valence-electron chi connectivity index (χ2n) is 4.48. The predicted octanol–water partition coefficient (Wildman–Crippen LogP) is 3.37. The van der Waals surface area contributed by atoms with Crippen LogP contribution >= 0.6 is 0 Å². The van der Waals surface area contributed by atoms with Crippen molar-refractivity contribution in [2.45, 2.75) is 6.92 Å². The third-order valence-electron chi connectivity index (χ3n) is 3.01. The van der Waals surface area contributed by atoms with Crippen LogP contribution in [0.25, 0.3) is 11.1 Å². The molecule has 2 aromatic rings. The highest BCUT2D eigenvalue weighted by Crippen LogP contribution is 2.28. The number of nitrogens with zero attached hydrogens (tertiary/aromatic N) is 3. The number of anilines is 1. The molecule has 0 aliphatic carbocycles. The summed E-state index contributed by atoms with van der Waals surface area (Å²) in [6, 6.07) is 17.9. The Hall–Kier alpha value is -3.44. The minimum atomic E-state index is -0.257. The highest BCUT2D eigenvalue weighted by Gasteiger charge is 2.07. The van der Waals surface area contributed by atoms with Crippen molar-refractivity contribution in [3.8, 4) is 23.3 Å². The molecule has 2 rings (SSSR count). The van der Waals surface area contributed by atoms with E-state index in [1.807, 2.05) is 30.3 Å². The number of ketones is 1. The summed E-state index contributed by atoms with van der Waals surface area (Å²) in [5.74, 6) is -0.0124. The third-order valence-corrected chi connectivity index (χ3v) is 3.01. The molecule has 0 aliphatic heterocycles. The number of nitriles is 2. The summed E-state index contributed by atoms with van der Waals surface area (Å²) in [5, 5.41) is 21.2. The summed E-state index contributed by atoms with van der Waals surface area (Å²) in [7, 11) is 0. The molecule has 0 amide bonds. The van der Waals surface area contributed by atoms with Crippen molar-refractivity contribution in [3.63, 3.8) is 0 Å². The van der Waals surface area contributed by atoms with Gasteiger partial charge in [0.25, 0.3) is 0 Å². The van der Waals surface area contributed by atoms with Gasteiger partial charge in [-0.1, -0.05) is 36.4 Å². The first-order chi connectivity index (χ1) is 10.7. The molecule has 0 heterocycles. The summed E-state index contributed by atoms with van der Waals surface area (Å²) >= 11 is 0. The van der Waals surface area contributed by atoms with E-state index in [4.69, 9.17) is 10.5 Å². The van der Waals surface area contributed by atoms with Crippen molar-refractivity contribution in [1.29, 1.82) is 10.5 Å². The number of carbonyl (C=O) groups excluding carboxylic acids is 1. The van der Waals surface area contributed by atoms with Crippen LogP contribution in [0, 0.1) is 22.7 Å². The average molecular weight is 288 g/mol. The number of Topliss-reactive ketones (excluding diaryl/α,β-unsaturated/α-hetero) is 1. The lowest BCUT2D eigenvalue weighted by Gasteiger charge is -2.09. The number of hydrogen-bond donors (Lipinski definition) is 1. The van der Waals surface area contributed by atoms with Gasteiger partial charge in [-0.15, -0.1) is 0 Å². The van der Waals surface area contributed by atoms with Crippen LogP contribution < -0.4 is 5.43 Å². The molecular weight excluding hydrogens is 276 g/mol. The molecule has 5 nitrogen and oxygen atoms in total. The van der Waals surface area contributed by atoms with Crippen LogP contribution in [-0.4, -0.2) is 11.5 Å². The second kappa shape index (κ2) is 6.83. The summed E-state index contributed by atoms with van der Waals surface area (Å²) in [6.07, 6.45) is 0. The molecule has 0 spiro atoms. The Labute approximate surface area is 128 Å². The third kappa shape index (κ3) is 3.36. The summed E-state index contributed by atoms with van der Waals surface area (Å²) in [4.78, 5) is 11.5. The molecule has 0 saturated carbocycles. The zero-order chi connectivity index (χ0) is 15.9. The van der Waals surface area contributed by atoms with Gasteiger partial charge >= 0.3 is 0 Å². The van der Waals surface area contributed by atoms with Gasteiger partial charge in [0.15, 0.2) is 5.78 Å². The van der Waals surface area contributed by atoms with Gasteiger partial charge in [0.1, 0.15) is 12.1 Å². The number of hydrazone groups is 1. The van der Waals surface area contributed by atoms with E-state index in [0.717, 1.165) is 11.1 Å². The maximum atomic E-state index is 11.5. The fourth-order valence-electron chi connectivity index (χ4n) is 1.93. The predicted molar refractivity (Wildman–Crippen MR) is 84.2 cm³/mol. The maximum absolute atomic E-state index is 11.5. The van der Waals surface area contributed by atoms with Crippen molar-refractivity contribution in [2.24, 2.45) is 5.10 Å². The molecule has 0 aliphatic rings. The Morgan fingerprint density at radius 1 is 1.09 bits per heavy atom. The van der Waals surface area contributed by atoms with Crippen LogP contribution in [0.15, 0.2) is 53.6 Å². The van der Waals surface area contributed by atoms with Crippen molar-refractivity contribution >= 4 is 17.2 Å². The Balaban J connectivity index is 2.43. The number of carbonyl (C=O) groups is 1. The van der Waals surface area contributed by atoms with Crippen LogP contribution in [0.3, 0.4) is 0 Å². The van der Waals surface area contributed by atoms with E-state index in [1.165, 1.54) is 6.92 Å². The van der Waals surface area contributed by atoms with Crippen LogP contribution in [0.5, 0.6) is 0 Å². The number of hydrogen-bond acceptors (Lipinski definition) is 5. The minimum Gasteiger partial charge on any atom is -0.295 e. The highest BCUT2D eigenvalue weighted by molar-refractivity contribution is 6.10. The lowest BCUT2D eigenvalue weighted by Crippen LogP contribution is -1.98. The molecule has 1 N–H and O–H groups in total. The lowest BCUT2D eigenvalue weighted by molar-refractivity contribution is 0.101. The van der Waals surface area contributed by atoms with E-state index in [9.17, 15) is 4.79 Å². The topological polar surface area (TPSA) is 89.0 Å².